The topological polar surface area (TPSA) is 77.8 Å². The van der Waals surface area contributed by atoms with E-state index in [4.69, 9.17) is 9.47 Å². The van der Waals surface area contributed by atoms with Crippen molar-refractivity contribution in [2.24, 2.45) is 0 Å². The van der Waals surface area contributed by atoms with E-state index in [2.05, 4.69) is 0 Å². The maximum Gasteiger partial charge on any atom is 0.421 e. The second kappa shape index (κ2) is 7.76. The zero-order chi connectivity index (χ0) is 24.1. The lowest BCUT2D eigenvalue weighted by Crippen LogP contribution is -2.39. The van der Waals surface area contributed by atoms with Gasteiger partial charge in [0, 0.05) is 11.6 Å². The van der Waals surface area contributed by atoms with Crippen molar-refractivity contribution in [1.29, 1.82) is 0 Å². The van der Waals surface area contributed by atoms with Gasteiger partial charge in [-0.1, -0.05) is 36.4 Å². The van der Waals surface area contributed by atoms with Crippen LogP contribution in [0.15, 0.2) is 54.7 Å². The predicted molar refractivity (Wildman–Crippen MR) is 126 cm³/mol. The molecular formula is C26H28N2O5. The van der Waals surface area contributed by atoms with Crippen LogP contribution in [0.2, 0.25) is 0 Å². The van der Waals surface area contributed by atoms with Crippen LogP contribution in [-0.4, -0.2) is 33.9 Å². The fourth-order valence-electron chi connectivity index (χ4n) is 4.01. The highest BCUT2D eigenvalue weighted by atomic mass is 16.6. The number of anilines is 1. The number of hydrogen-bond acceptors (Lipinski definition) is 5. The zero-order valence-electron chi connectivity index (χ0n) is 19.7. The summed E-state index contributed by atoms with van der Waals surface area (Å²) in [6.45, 7) is 10.7. The molecule has 1 unspecified atom stereocenters. The Morgan fingerprint density at radius 3 is 2.03 bits per heavy atom. The van der Waals surface area contributed by atoms with Crippen LogP contribution in [0.5, 0.6) is 0 Å². The zero-order valence-corrected chi connectivity index (χ0v) is 19.7. The predicted octanol–water partition coefficient (Wildman–Crippen LogP) is 5.84. The first-order chi connectivity index (χ1) is 15.4. The maximum atomic E-state index is 13.6. The van der Waals surface area contributed by atoms with Gasteiger partial charge in [0.15, 0.2) is 0 Å². The van der Waals surface area contributed by atoms with Gasteiger partial charge < -0.3 is 9.47 Å². The molecule has 3 aromatic rings. The van der Waals surface area contributed by atoms with Crippen LogP contribution in [0, 0.1) is 0 Å². The molecule has 0 bridgehead atoms. The maximum absolute atomic E-state index is 13.6. The van der Waals surface area contributed by atoms with Crippen molar-refractivity contribution in [3.63, 3.8) is 0 Å². The molecule has 4 rings (SSSR count). The van der Waals surface area contributed by atoms with E-state index < -0.39 is 35.2 Å². The molecule has 0 radical (unpaired) electrons. The van der Waals surface area contributed by atoms with Gasteiger partial charge in [0.05, 0.1) is 17.1 Å². The van der Waals surface area contributed by atoms with Crippen LogP contribution < -0.4 is 4.90 Å². The standard InChI is InChI=1S/C26H28N2O5/c1-25(2,3)32-23(30)27-15-18(16-11-7-9-13-19(16)27)21-17-12-8-10-14-20(17)28(22(21)29)24(31)33-26(4,5)6/h7-15,21H,1-6H3. The molecule has 1 atom stereocenters. The van der Waals surface area contributed by atoms with Crippen molar-refractivity contribution < 1.29 is 23.9 Å². The minimum atomic E-state index is -0.762. The van der Waals surface area contributed by atoms with Crippen LogP contribution in [0.4, 0.5) is 15.3 Å². The number of benzene rings is 2. The van der Waals surface area contributed by atoms with Gasteiger partial charge in [-0.2, -0.15) is 0 Å². The Labute approximate surface area is 192 Å². The molecular weight excluding hydrogens is 420 g/mol. The largest absolute Gasteiger partial charge is 0.443 e. The van der Waals surface area contributed by atoms with Crippen molar-refractivity contribution in [3.8, 4) is 0 Å². The SMILES string of the molecule is CC(C)(C)OC(=O)N1C(=O)C(c2cn(C(=O)OC(C)(C)C)c3ccccc23)c2ccccc21. The number of aromatic nitrogens is 1. The number of carbonyl (C=O) groups is 3. The Hall–Kier alpha value is -3.61. The van der Waals surface area contributed by atoms with E-state index in [1.807, 2.05) is 30.3 Å². The van der Waals surface area contributed by atoms with Crippen LogP contribution >= 0.6 is 0 Å². The molecule has 2 aromatic carbocycles. The van der Waals surface area contributed by atoms with Crippen molar-refractivity contribution in [2.45, 2.75) is 58.7 Å². The number of para-hydroxylation sites is 2. The average molecular weight is 449 g/mol. The molecule has 1 aliphatic rings. The first kappa shape index (κ1) is 22.6. The number of carbonyl (C=O) groups excluding carboxylic acids is 3. The molecule has 0 saturated heterocycles. The molecule has 0 N–H and O–H groups in total. The molecule has 0 aliphatic carbocycles. The van der Waals surface area contributed by atoms with Crippen LogP contribution in [-0.2, 0) is 14.3 Å². The molecule has 2 amide bonds. The Balaban J connectivity index is 1.84. The number of amides is 2. The summed E-state index contributed by atoms with van der Waals surface area (Å²) >= 11 is 0. The van der Waals surface area contributed by atoms with E-state index in [-0.39, 0.29) is 0 Å². The minimum absolute atomic E-state index is 0.419. The van der Waals surface area contributed by atoms with Gasteiger partial charge in [0.2, 0.25) is 5.91 Å². The number of fused-ring (bicyclic) bond motifs is 2. The van der Waals surface area contributed by atoms with Crippen molar-refractivity contribution in [2.75, 3.05) is 4.90 Å². The quantitative estimate of drug-likeness (QED) is 0.467. The van der Waals surface area contributed by atoms with E-state index in [1.54, 1.807) is 65.9 Å². The summed E-state index contributed by atoms with van der Waals surface area (Å²) in [5, 5.41) is 0.738. The molecule has 1 aromatic heterocycles. The van der Waals surface area contributed by atoms with Gasteiger partial charge >= 0.3 is 12.2 Å². The first-order valence-corrected chi connectivity index (χ1v) is 10.9. The monoisotopic (exact) mass is 448 g/mol. The molecule has 0 spiro atoms. The number of nitrogens with zero attached hydrogens (tertiary/aromatic N) is 2. The first-order valence-electron chi connectivity index (χ1n) is 10.9. The van der Waals surface area contributed by atoms with E-state index in [1.165, 1.54) is 4.57 Å². The highest BCUT2D eigenvalue weighted by molar-refractivity contribution is 6.21. The van der Waals surface area contributed by atoms with Gasteiger partial charge in [0.25, 0.3) is 0 Å². The van der Waals surface area contributed by atoms with Gasteiger partial charge in [-0.15, -0.1) is 0 Å². The summed E-state index contributed by atoms with van der Waals surface area (Å²) in [6, 6.07) is 14.5. The number of imide groups is 1. The van der Waals surface area contributed by atoms with E-state index in [0.717, 1.165) is 10.3 Å². The molecule has 0 fully saturated rings. The van der Waals surface area contributed by atoms with Gasteiger partial charge in [-0.05, 0) is 64.8 Å². The lowest BCUT2D eigenvalue weighted by molar-refractivity contribution is -0.118. The third-order valence-corrected chi connectivity index (χ3v) is 5.18. The molecule has 2 heterocycles. The van der Waals surface area contributed by atoms with Crippen molar-refractivity contribution in [3.05, 3.63) is 65.9 Å². The van der Waals surface area contributed by atoms with E-state index in [9.17, 15) is 14.4 Å². The number of rotatable bonds is 1. The summed E-state index contributed by atoms with van der Waals surface area (Å²) in [5.74, 6) is -1.18. The third-order valence-electron chi connectivity index (χ3n) is 5.18. The molecule has 0 saturated carbocycles. The Morgan fingerprint density at radius 2 is 1.36 bits per heavy atom. The molecule has 7 nitrogen and oxygen atoms in total. The number of hydrogen-bond donors (Lipinski definition) is 0. The van der Waals surface area contributed by atoms with Crippen molar-refractivity contribution in [1.82, 2.24) is 4.57 Å². The molecule has 7 heteroatoms. The van der Waals surface area contributed by atoms with E-state index in [0.29, 0.717) is 22.3 Å². The molecule has 1 aliphatic heterocycles. The lowest BCUT2D eigenvalue weighted by atomic mass is 9.92. The summed E-state index contributed by atoms with van der Waals surface area (Å²) in [4.78, 5) is 40.6. The van der Waals surface area contributed by atoms with Crippen LogP contribution in [0.3, 0.4) is 0 Å². The highest BCUT2D eigenvalue weighted by Crippen LogP contribution is 2.44. The van der Waals surface area contributed by atoms with Crippen LogP contribution in [0.25, 0.3) is 10.9 Å². The Bertz CT molecular complexity index is 1260. The summed E-state index contributed by atoms with van der Waals surface area (Å²) < 4.78 is 12.5. The summed E-state index contributed by atoms with van der Waals surface area (Å²) in [7, 11) is 0. The summed E-state index contributed by atoms with van der Waals surface area (Å²) in [5.41, 5.74) is 0.988. The minimum Gasteiger partial charge on any atom is -0.443 e. The van der Waals surface area contributed by atoms with Gasteiger partial charge in [0.1, 0.15) is 11.2 Å². The highest BCUT2D eigenvalue weighted by Gasteiger charge is 2.44. The van der Waals surface area contributed by atoms with E-state index >= 15 is 0 Å². The Morgan fingerprint density at radius 1 is 0.788 bits per heavy atom. The second-order valence-electron chi connectivity index (χ2n) is 10.1. The smallest absolute Gasteiger partial charge is 0.421 e. The molecule has 33 heavy (non-hydrogen) atoms. The number of ether oxygens (including phenoxy) is 2. The average Bonchev–Trinajstić information content (AvgIpc) is 3.20. The second-order valence-corrected chi connectivity index (χ2v) is 10.1. The Kier molecular flexibility index (Phi) is 5.31. The fourth-order valence-corrected chi connectivity index (χ4v) is 4.01. The van der Waals surface area contributed by atoms with Gasteiger partial charge in [-0.25, -0.2) is 14.5 Å². The van der Waals surface area contributed by atoms with Crippen LogP contribution in [0.1, 0.15) is 58.6 Å². The third kappa shape index (κ3) is 4.23. The van der Waals surface area contributed by atoms with Gasteiger partial charge in [-0.3, -0.25) is 9.36 Å². The van der Waals surface area contributed by atoms with Crippen molar-refractivity contribution >= 4 is 34.7 Å². The molecule has 172 valence electrons. The fraction of sp³-hybridized carbons (Fsp3) is 0.346. The lowest BCUT2D eigenvalue weighted by Gasteiger charge is -2.24. The normalized spacial score (nSPS) is 16.1. The summed E-state index contributed by atoms with van der Waals surface area (Å²) in [6.07, 6.45) is 0.377.